The van der Waals surface area contributed by atoms with E-state index in [1.54, 1.807) is 0 Å². The van der Waals surface area contributed by atoms with Crippen molar-refractivity contribution in [2.24, 2.45) is 0 Å². The van der Waals surface area contributed by atoms with E-state index in [1.807, 2.05) is 0 Å². The van der Waals surface area contributed by atoms with Crippen molar-refractivity contribution >= 4 is 9.53 Å². The third kappa shape index (κ3) is 4.27. The average Bonchev–Trinajstić information content (AvgIpc) is 2.42. The molecule has 1 aromatic carbocycles. The Kier molecular flexibility index (Phi) is 6.42. The summed E-state index contributed by atoms with van der Waals surface area (Å²) in [5.41, 5.74) is -0.229. The minimum atomic E-state index is -2.16. The summed E-state index contributed by atoms with van der Waals surface area (Å²) >= 11 is 0. The SMILES string of the molecule is CO[SiH](OC)OCCCc1cc(F)c(F)c(F)c1F. The van der Waals surface area contributed by atoms with E-state index in [4.69, 9.17) is 13.3 Å². The molecule has 0 radical (unpaired) electrons. The van der Waals surface area contributed by atoms with Crippen molar-refractivity contribution in [1.29, 1.82) is 0 Å². The van der Waals surface area contributed by atoms with E-state index in [0.717, 1.165) is 0 Å². The maximum atomic E-state index is 13.3. The van der Waals surface area contributed by atoms with Crippen LogP contribution in [0.2, 0.25) is 0 Å². The Balaban J connectivity index is 2.55. The molecule has 0 spiro atoms. The van der Waals surface area contributed by atoms with Crippen LogP contribution < -0.4 is 0 Å². The molecule has 0 N–H and O–H groups in total. The van der Waals surface area contributed by atoms with Gasteiger partial charge in [-0.2, -0.15) is 0 Å². The van der Waals surface area contributed by atoms with Gasteiger partial charge in [0, 0.05) is 20.8 Å². The predicted octanol–water partition coefficient (Wildman–Crippen LogP) is 2.20. The van der Waals surface area contributed by atoms with Gasteiger partial charge in [0.05, 0.1) is 0 Å². The first-order valence-electron chi connectivity index (χ1n) is 5.50. The topological polar surface area (TPSA) is 27.7 Å². The molecule has 0 amide bonds. The highest BCUT2D eigenvalue weighted by molar-refractivity contribution is 6.36. The molecule has 0 atom stereocenters. The van der Waals surface area contributed by atoms with Gasteiger partial charge in [-0.25, -0.2) is 17.6 Å². The largest absolute Gasteiger partial charge is 0.483 e. The van der Waals surface area contributed by atoms with Crippen molar-refractivity contribution in [3.05, 3.63) is 34.9 Å². The van der Waals surface area contributed by atoms with E-state index < -0.39 is 32.8 Å². The van der Waals surface area contributed by atoms with Crippen LogP contribution in [0.3, 0.4) is 0 Å². The first-order chi connectivity index (χ1) is 9.01. The van der Waals surface area contributed by atoms with Crippen LogP contribution in [0.5, 0.6) is 0 Å². The summed E-state index contributed by atoms with van der Waals surface area (Å²) in [7, 11) is 0.711. The number of aryl methyl sites for hydroxylation is 1. The summed E-state index contributed by atoms with van der Waals surface area (Å²) in [5, 5.41) is 0. The molecule has 0 aliphatic carbocycles. The Bertz CT molecular complexity index is 427. The maximum absolute atomic E-state index is 13.3. The highest BCUT2D eigenvalue weighted by Crippen LogP contribution is 2.19. The number of hydrogen-bond acceptors (Lipinski definition) is 3. The first kappa shape index (κ1) is 16.1. The van der Waals surface area contributed by atoms with Gasteiger partial charge in [0.1, 0.15) is 0 Å². The number of halogens is 4. The zero-order valence-corrected chi connectivity index (χ0v) is 11.7. The monoisotopic (exact) mass is 298 g/mol. The Morgan fingerprint density at radius 1 is 1.00 bits per heavy atom. The van der Waals surface area contributed by atoms with E-state index in [1.165, 1.54) is 14.2 Å². The zero-order chi connectivity index (χ0) is 14.4. The third-order valence-corrected chi connectivity index (χ3v) is 3.68. The molecule has 0 aliphatic rings. The Labute approximate surface area is 110 Å². The van der Waals surface area contributed by atoms with Crippen LogP contribution in [0.1, 0.15) is 12.0 Å². The molecule has 0 heterocycles. The summed E-state index contributed by atoms with van der Waals surface area (Å²) < 4.78 is 66.8. The summed E-state index contributed by atoms with van der Waals surface area (Å²) in [6.07, 6.45) is 0.326. The zero-order valence-electron chi connectivity index (χ0n) is 10.5. The second-order valence-electron chi connectivity index (χ2n) is 3.69. The molecular formula is C11H14F4O3Si. The predicted molar refractivity (Wildman–Crippen MR) is 61.7 cm³/mol. The Hall–Kier alpha value is -0.963. The first-order valence-corrected chi connectivity index (χ1v) is 6.91. The van der Waals surface area contributed by atoms with Gasteiger partial charge in [0.25, 0.3) is 0 Å². The fourth-order valence-electron chi connectivity index (χ4n) is 1.48. The lowest BCUT2D eigenvalue weighted by Crippen LogP contribution is -2.24. The number of benzene rings is 1. The molecule has 0 aliphatic heterocycles. The van der Waals surface area contributed by atoms with E-state index >= 15 is 0 Å². The molecule has 19 heavy (non-hydrogen) atoms. The second kappa shape index (κ2) is 7.58. The van der Waals surface area contributed by atoms with Gasteiger partial charge in [0.15, 0.2) is 23.3 Å². The van der Waals surface area contributed by atoms with Crippen molar-refractivity contribution in [3.63, 3.8) is 0 Å². The molecule has 3 nitrogen and oxygen atoms in total. The summed E-state index contributed by atoms with van der Waals surface area (Å²) in [6.45, 7) is 0.193. The van der Waals surface area contributed by atoms with E-state index in [2.05, 4.69) is 0 Å². The summed E-state index contributed by atoms with van der Waals surface area (Å²) in [4.78, 5) is 0. The van der Waals surface area contributed by atoms with E-state index in [-0.39, 0.29) is 18.6 Å². The van der Waals surface area contributed by atoms with Gasteiger partial charge in [-0.1, -0.05) is 0 Å². The lowest BCUT2D eigenvalue weighted by molar-refractivity contribution is 0.134. The second-order valence-corrected chi connectivity index (χ2v) is 5.55. The molecule has 1 aromatic rings. The maximum Gasteiger partial charge on any atom is 0.483 e. The number of rotatable bonds is 7. The van der Waals surface area contributed by atoms with Crippen LogP contribution in [0.4, 0.5) is 17.6 Å². The Morgan fingerprint density at radius 2 is 1.63 bits per heavy atom. The summed E-state index contributed by atoms with van der Waals surface area (Å²) in [5.74, 6) is -6.37. The molecule has 0 unspecified atom stereocenters. The van der Waals surface area contributed by atoms with Gasteiger partial charge >= 0.3 is 9.53 Å². The van der Waals surface area contributed by atoms with Crippen LogP contribution in [-0.2, 0) is 19.7 Å². The fraction of sp³-hybridized carbons (Fsp3) is 0.455. The normalized spacial score (nSPS) is 11.3. The smallest absolute Gasteiger partial charge is 0.379 e. The summed E-state index contributed by atoms with van der Waals surface area (Å²) in [6, 6.07) is 0.648. The van der Waals surface area contributed by atoms with Crippen molar-refractivity contribution in [2.75, 3.05) is 20.8 Å². The van der Waals surface area contributed by atoms with Gasteiger partial charge in [-0.05, 0) is 24.5 Å². The molecule has 8 heteroatoms. The standard InChI is InChI=1S/C11H14F4O3Si/c1-16-19(17-2)18-5-3-4-7-6-8(12)10(14)11(15)9(7)13/h6,19H,3-5H2,1-2H3. The van der Waals surface area contributed by atoms with E-state index in [0.29, 0.717) is 12.5 Å². The van der Waals surface area contributed by atoms with Crippen LogP contribution >= 0.6 is 0 Å². The van der Waals surface area contributed by atoms with Crippen LogP contribution in [0.15, 0.2) is 6.07 Å². The van der Waals surface area contributed by atoms with Crippen molar-refractivity contribution in [1.82, 2.24) is 0 Å². The highest BCUT2D eigenvalue weighted by atomic mass is 28.3. The van der Waals surface area contributed by atoms with Gasteiger partial charge in [0.2, 0.25) is 0 Å². The van der Waals surface area contributed by atoms with Gasteiger partial charge in [-0.3, -0.25) is 0 Å². The molecule has 0 saturated heterocycles. The van der Waals surface area contributed by atoms with Crippen LogP contribution in [0, 0.1) is 23.3 Å². The van der Waals surface area contributed by atoms with Crippen molar-refractivity contribution < 1.29 is 30.8 Å². The number of hydrogen-bond donors (Lipinski definition) is 0. The Morgan fingerprint density at radius 3 is 2.21 bits per heavy atom. The van der Waals surface area contributed by atoms with Crippen molar-refractivity contribution in [2.45, 2.75) is 12.8 Å². The lowest BCUT2D eigenvalue weighted by Gasteiger charge is -2.11. The van der Waals surface area contributed by atoms with E-state index in [9.17, 15) is 17.6 Å². The third-order valence-electron chi connectivity index (χ3n) is 2.41. The van der Waals surface area contributed by atoms with Gasteiger partial charge in [-0.15, -0.1) is 0 Å². The molecule has 0 saturated carbocycles. The lowest BCUT2D eigenvalue weighted by atomic mass is 10.1. The molecule has 0 bridgehead atoms. The molecule has 108 valence electrons. The van der Waals surface area contributed by atoms with Gasteiger partial charge < -0.3 is 13.3 Å². The fourth-order valence-corrected chi connectivity index (χ4v) is 2.30. The highest BCUT2D eigenvalue weighted by Gasteiger charge is 2.18. The van der Waals surface area contributed by atoms with Crippen molar-refractivity contribution in [3.8, 4) is 0 Å². The molecular weight excluding hydrogens is 284 g/mol. The minimum absolute atomic E-state index is 0.0223. The van der Waals surface area contributed by atoms with Crippen LogP contribution in [0.25, 0.3) is 0 Å². The molecule has 1 rings (SSSR count). The minimum Gasteiger partial charge on any atom is -0.379 e. The average molecular weight is 298 g/mol. The quantitative estimate of drug-likeness (QED) is 0.254. The van der Waals surface area contributed by atoms with Crippen LogP contribution in [-0.4, -0.2) is 30.4 Å². The molecule has 0 fully saturated rings. The molecule has 0 aromatic heterocycles.